The molecule has 0 aromatic heterocycles. The van der Waals surface area contributed by atoms with E-state index in [9.17, 15) is 18.0 Å². The van der Waals surface area contributed by atoms with Gasteiger partial charge in [-0.3, -0.25) is 0 Å². The molecular formula is C17H19F3O2. The number of carbonyl (C=O) groups is 1. The van der Waals surface area contributed by atoms with Gasteiger partial charge in [0.25, 0.3) is 0 Å². The van der Waals surface area contributed by atoms with Crippen molar-refractivity contribution in [3.05, 3.63) is 47.0 Å². The van der Waals surface area contributed by atoms with Gasteiger partial charge < -0.3 is 4.74 Å². The summed E-state index contributed by atoms with van der Waals surface area (Å²) in [5, 5.41) is 0. The SMILES string of the molecule is CCOC(=O)/C=C1/CCCC(c2ccccc2C(F)(F)F)C1. The van der Waals surface area contributed by atoms with Crippen molar-refractivity contribution in [2.24, 2.45) is 0 Å². The lowest BCUT2D eigenvalue weighted by atomic mass is 9.79. The molecule has 0 saturated heterocycles. The maximum absolute atomic E-state index is 13.1. The highest BCUT2D eigenvalue weighted by atomic mass is 19.4. The maximum atomic E-state index is 13.1. The summed E-state index contributed by atoms with van der Waals surface area (Å²) >= 11 is 0. The van der Waals surface area contributed by atoms with Gasteiger partial charge in [0.05, 0.1) is 12.2 Å². The molecule has 0 N–H and O–H groups in total. The van der Waals surface area contributed by atoms with Gasteiger partial charge in [-0.2, -0.15) is 13.2 Å². The summed E-state index contributed by atoms with van der Waals surface area (Å²) in [4.78, 5) is 11.5. The Labute approximate surface area is 128 Å². The summed E-state index contributed by atoms with van der Waals surface area (Å²) < 4.78 is 44.2. The number of hydrogen-bond donors (Lipinski definition) is 0. The fraction of sp³-hybridized carbons (Fsp3) is 0.471. The smallest absolute Gasteiger partial charge is 0.416 e. The minimum Gasteiger partial charge on any atom is -0.463 e. The van der Waals surface area contributed by atoms with E-state index in [4.69, 9.17) is 4.74 Å². The summed E-state index contributed by atoms with van der Waals surface area (Å²) in [6, 6.07) is 5.71. The van der Waals surface area contributed by atoms with Crippen molar-refractivity contribution >= 4 is 5.97 Å². The molecule has 0 amide bonds. The number of carbonyl (C=O) groups excluding carboxylic acids is 1. The van der Waals surface area contributed by atoms with Crippen LogP contribution in [0.5, 0.6) is 0 Å². The first-order valence-corrected chi connectivity index (χ1v) is 7.44. The predicted molar refractivity (Wildman–Crippen MR) is 77.4 cm³/mol. The van der Waals surface area contributed by atoms with E-state index in [1.807, 2.05) is 0 Å². The third-order valence-electron chi connectivity index (χ3n) is 3.87. The number of rotatable bonds is 3. The zero-order valence-corrected chi connectivity index (χ0v) is 12.5. The molecule has 1 unspecified atom stereocenters. The van der Waals surface area contributed by atoms with E-state index < -0.39 is 17.7 Å². The zero-order valence-electron chi connectivity index (χ0n) is 12.5. The molecule has 0 aliphatic heterocycles. The molecule has 0 bridgehead atoms. The van der Waals surface area contributed by atoms with Gasteiger partial charge in [0.1, 0.15) is 0 Å². The average Bonchev–Trinajstić information content (AvgIpc) is 2.47. The third kappa shape index (κ3) is 4.12. The minimum atomic E-state index is -4.35. The van der Waals surface area contributed by atoms with Crippen molar-refractivity contribution in [2.75, 3.05) is 6.61 Å². The largest absolute Gasteiger partial charge is 0.463 e. The molecule has 2 nitrogen and oxygen atoms in total. The van der Waals surface area contributed by atoms with Crippen molar-refractivity contribution in [1.82, 2.24) is 0 Å². The Kier molecular flexibility index (Phi) is 5.27. The van der Waals surface area contributed by atoms with Gasteiger partial charge >= 0.3 is 12.1 Å². The molecular weight excluding hydrogens is 293 g/mol. The van der Waals surface area contributed by atoms with Crippen LogP contribution in [0.4, 0.5) is 13.2 Å². The van der Waals surface area contributed by atoms with Gasteiger partial charge in [-0.1, -0.05) is 23.8 Å². The molecule has 1 fully saturated rings. The topological polar surface area (TPSA) is 26.3 Å². The zero-order chi connectivity index (χ0) is 16.2. The lowest BCUT2D eigenvalue weighted by Crippen LogP contribution is -2.15. The molecule has 1 saturated carbocycles. The second kappa shape index (κ2) is 6.99. The molecule has 2 rings (SSSR count). The monoisotopic (exact) mass is 312 g/mol. The lowest BCUT2D eigenvalue weighted by Gasteiger charge is -2.27. The summed E-state index contributed by atoms with van der Waals surface area (Å²) in [6.07, 6.45) is -0.213. The summed E-state index contributed by atoms with van der Waals surface area (Å²) in [5.41, 5.74) is 0.619. The van der Waals surface area contributed by atoms with E-state index >= 15 is 0 Å². The van der Waals surface area contributed by atoms with Crippen molar-refractivity contribution in [3.63, 3.8) is 0 Å². The molecule has 1 aliphatic rings. The number of alkyl halides is 3. The number of halogens is 3. The first-order chi connectivity index (χ1) is 10.4. The van der Waals surface area contributed by atoms with E-state index in [0.717, 1.165) is 24.5 Å². The Morgan fingerprint density at radius 1 is 1.36 bits per heavy atom. The fourth-order valence-corrected chi connectivity index (χ4v) is 2.95. The van der Waals surface area contributed by atoms with Crippen LogP contribution in [0.1, 0.15) is 49.7 Å². The van der Waals surface area contributed by atoms with Crippen molar-refractivity contribution < 1.29 is 22.7 Å². The van der Waals surface area contributed by atoms with Crippen LogP contribution in [0, 0.1) is 0 Å². The molecule has 1 atom stereocenters. The Morgan fingerprint density at radius 2 is 2.09 bits per heavy atom. The summed E-state index contributed by atoms with van der Waals surface area (Å²) in [5.74, 6) is -0.616. The van der Waals surface area contributed by atoms with E-state index in [0.29, 0.717) is 25.0 Å². The normalized spacial score (nSPS) is 20.9. The molecule has 120 valence electrons. The van der Waals surface area contributed by atoms with Crippen LogP contribution >= 0.6 is 0 Å². The predicted octanol–water partition coefficient (Wildman–Crippen LogP) is 4.85. The van der Waals surface area contributed by atoms with Gasteiger partial charge in [0, 0.05) is 6.08 Å². The highest BCUT2D eigenvalue weighted by Gasteiger charge is 2.35. The van der Waals surface area contributed by atoms with E-state index in [1.54, 1.807) is 19.1 Å². The fourth-order valence-electron chi connectivity index (χ4n) is 2.95. The molecule has 1 aliphatic carbocycles. The van der Waals surface area contributed by atoms with Crippen LogP contribution in [0.2, 0.25) is 0 Å². The quantitative estimate of drug-likeness (QED) is 0.589. The molecule has 22 heavy (non-hydrogen) atoms. The van der Waals surface area contributed by atoms with Crippen LogP contribution in [-0.4, -0.2) is 12.6 Å². The summed E-state index contributed by atoms with van der Waals surface area (Å²) in [6.45, 7) is 2.02. The van der Waals surface area contributed by atoms with Crippen LogP contribution in [0.3, 0.4) is 0 Å². The minimum absolute atomic E-state index is 0.202. The van der Waals surface area contributed by atoms with Crippen LogP contribution in [0.15, 0.2) is 35.9 Å². The van der Waals surface area contributed by atoms with Gasteiger partial charge in [-0.05, 0) is 50.2 Å². The second-order valence-electron chi connectivity index (χ2n) is 5.43. The highest BCUT2D eigenvalue weighted by Crippen LogP contribution is 2.41. The van der Waals surface area contributed by atoms with Crippen LogP contribution in [0.25, 0.3) is 0 Å². The van der Waals surface area contributed by atoms with Crippen molar-refractivity contribution in [3.8, 4) is 0 Å². The lowest BCUT2D eigenvalue weighted by molar-refractivity contribution is -0.139. The van der Waals surface area contributed by atoms with Gasteiger partial charge in [0.2, 0.25) is 0 Å². The Balaban J connectivity index is 2.22. The molecule has 0 radical (unpaired) electrons. The van der Waals surface area contributed by atoms with Crippen LogP contribution < -0.4 is 0 Å². The number of hydrogen-bond acceptors (Lipinski definition) is 2. The number of benzene rings is 1. The first kappa shape index (κ1) is 16.6. The number of esters is 1. The molecule has 0 spiro atoms. The van der Waals surface area contributed by atoms with Crippen molar-refractivity contribution in [2.45, 2.75) is 44.7 Å². The Bertz CT molecular complexity index is 561. The standard InChI is InChI=1S/C17H19F3O2/c1-2-22-16(21)11-12-6-5-7-13(10-12)14-8-3-4-9-15(14)17(18,19)20/h3-4,8-9,11,13H,2,5-7,10H2,1H3/b12-11-. The summed E-state index contributed by atoms with van der Waals surface area (Å²) in [7, 11) is 0. The Morgan fingerprint density at radius 3 is 2.77 bits per heavy atom. The Hall–Kier alpha value is -1.78. The van der Waals surface area contributed by atoms with E-state index in [2.05, 4.69) is 0 Å². The number of allylic oxidation sites excluding steroid dienone is 1. The van der Waals surface area contributed by atoms with Gasteiger partial charge in [-0.15, -0.1) is 0 Å². The highest BCUT2D eigenvalue weighted by molar-refractivity contribution is 5.82. The second-order valence-corrected chi connectivity index (χ2v) is 5.43. The average molecular weight is 312 g/mol. The maximum Gasteiger partial charge on any atom is 0.416 e. The van der Waals surface area contributed by atoms with Gasteiger partial charge in [0.15, 0.2) is 0 Å². The molecule has 5 heteroatoms. The third-order valence-corrected chi connectivity index (χ3v) is 3.87. The van der Waals surface area contributed by atoms with Crippen molar-refractivity contribution in [1.29, 1.82) is 0 Å². The van der Waals surface area contributed by atoms with Gasteiger partial charge in [-0.25, -0.2) is 4.79 Å². The molecule has 0 heterocycles. The molecule has 1 aromatic carbocycles. The first-order valence-electron chi connectivity index (χ1n) is 7.44. The molecule has 1 aromatic rings. The van der Waals surface area contributed by atoms with Crippen LogP contribution in [-0.2, 0) is 15.7 Å². The van der Waals surface area contributed by atoms with E-state index in [-0.39, 0.29) is 5.92 Å². The van der Waals surface area contributed by atoms with E-state index in [1.165, 1.54) is 12.1 Å². The number of ether oxygens (including phenoxy) is 1.